The molecule has 3 N–H and O–H groups in total. The number of carbonyl (C=O) groups is 1. The Balaban J connectivity index is 0. The monoisotopic (exact) mass is 167 g/mol. The molecule has 0 atom stereocenters. The molecule has 0 heterocycles. The highest BCUT2D eigenvalue weighted by atomic mass is 32.2. The number of carbonyl (C=O) groups excluding carboxylic acids is 1. The average Bonchev–Trinajstić information content (AvgIpc) is 1.62. The molecule has 0 aromatic rings. The summed E-state index contributed by atoms with van der Waals surface area (Å²) in [5.74, 6) is -0.961. The van der Waals surface area contributed by atoms with E-state index in [9.17, 15) is 13.2 Å². The van der Waals surface area contributed by atoms with Crippen LogP contribution >= 0.6 is 0 Å². The minimum Gasteiger partial charge on any atom is -0.344 e. The molecule has 5 nitrogen and oxygen atoms in total. The summed E-state index contributed by atoms with van der Waals surface area (Å²) in [6.07, 6.45) is 1.56. The van der Waals surface area contributed by atoms with Gasteiger partial charge in [0.25, 0.3) is 0 Å². The van der Waals surface area contributed by atoms with Gasteiger partial charge in [-0.3, -0.25) is 0 Å². The molecular weight excluding hydrogens is 158 g/mol. The van der Waals surface area contributed by atoms with E-state index in [4.69, 9.17) is 0 Å². The van der Waals surface area contributed by atoms with E-state index < -0.39 is 16.1 Å². The molecule has 0 saturated carbocycles. The highest BCUT2D eigenvalue weighted by Crippen LogP contribution is 1.86. The lowest BCUT2D eigenvalue weighted by atomic mass is 10.7. The minimum absolute atomic E-state index is 0. The normalized spacial score (nSPS) is 9.30. The minimum atomic E-state index is -3.66. The zero-order valence-corrected chi connectivity index (χ0v) is 6.35. The highest BCUT2D eigenvalue weighted by Gasteiger charge is 2.04. The lowest BCUT2D eigenvalue weighted by Crippen LogP contribution is -2.07. The second-order valence-corrected chi connectivity index (χ2v) is 2.89. The van der Waals surface area contributed by atoms with E-state index in [-0.39, 0.29) is 6.15 Å². The van der Waals surface area contributed by atoms with Crippen LogP contribution in [0.5, 0.6) is 0 Å². The molecule has 0 unspecified atom stereocenters. The van der Waals surface area contributed by atoms with Gasteiger partial charge in [-0.2, -0.15) is 8.42 Å². The predicted molar refractivity (Wildman–Crippen MR) is 36.2 cm³/mol. The molecule has 6 heteroatoms. The third-order valence-electron chi connectivity index (χ3n) is 0.400. The van der Waals surface area contributed by atoms with Crippen molar-refractivity contribution >= 4 is 16.1 Å². The molecule has 0 aromatic heterocycles. The van der Waals surface area contributed by atoms with Gasteiger partial charge < -0.3 is 10.3 Å². The SMILES string of the molecule is C=CC(=O)OS(C)(=O)=O.N. The van der Waals surface area contributed by atoms with Crippen LogP contribution < -0.4 is 6.15 Å². The highest BCUT2D eigenvalue weighted by molar-refractivity contribution is 7.86. The van der Waals surface area contributed by atoms with Crippen LogP contribution in [0.4, 0.5) is 0 Å². The molecule has 0 radical (unpaired) electrons. The fraction of sp³-hybridized carbons (Fsp3) is 0.250. The standard InChI is InChI=1S/C4H6O4S.H3N/c1-3-4(5)8-9(2,6)7;/h3H,1H2,2H3;1H3. The van der Waals surface area contributed by atoms with Gasteiger partial charge in [0, 0.05) is 6.08 Å². The zero-order valence-electron chi connectivity index (χ0n) is 5.53. The predicted octanol–water partition coefficient (Wildman–Crippen LogP) is -0.163. The number of hydrogen-bond acceptors (Lipinski definition) is 5. The second-order valence-electron chi connectivity index (χ2n) is 1.31. The summed E-state index contributed by atoms with van der Waals surface area (Å²) in [7, 11) is -3.66. The summed E-state index contributed by atoms with van der Waals surface area (Å²) >= 11 is 0. The largest absolute Gasteiger partial charge is 0.345 e. The van der Waals surface area contributed by atoms with E-state index in [2.05, 4.69) is 10.8 Å². The van der Waals surface area contributed by atoms with Crippen LogP contribution in [0.25, 0.3) is 0 Å². The fourth-order valence-electron chi connectivity index (χ4n) is 0.183. The van der Waals surface area contributed by atoms with E-state index >= 15 is 0 Å². The van der Waals surface area contributed by atoms with Crippen LogP contribution in [-0.2, 0) is 19.1 Å². The van der Waals surface area contributed by atoms with Crippen molar-refractivity contribution in [2.75, 3.05) is 6.26 Å². The summed E-state index contributed by atoms with van der Waals surface area (Å²) in [5, 5.41) is 0. The van der Waals surface area contributed by atoms with Crippen LogP contribution in [-0.4, -0.2) is 20.6 Å². The van der Waals surface area contributed by atoms with E-state index in [1.807, 2.05) is 0 Å². The summed E-state index contributed by atoms with van der Waals surface area (Å²) in [6.45, 7) is 3.01. The van der Waals surface area contributed by atoms with Crippen LogP contribution in [0.2, 0.25) is 0 Å². The summed E-state index contributed by atoms with van der Waals surface area (Å²) in [6, 6.07) is 0. The third kappa shape index (κ3) is 7.12. The van der Waals surface area contributed by atoms with Gasteiger partial charge in [-0.05, 0) is 0 Å². The first-order valence-corrected chi connectivity index (χ1v) is 3.83. The lowest BCUT2D eigenvalue weighted by molar-refractivity contribution is -0.128. The third-order valence-corrected chi connectivity index (χ3v) is 0.867. The first-order valence-electron chi connectivity index (χ1n) is 2.01. The summed E-state index contributed by atoms with van der Waals surface area (Å²) in [4.78, 5) is 10.1. The molecule has 0 rings (SSSR count). The van der Waals surface area contributed by atoms with Crippen molar-refractivity contribution in [3.8, 4) is 0 Å². The van der Waals surface area contributed by atoms with Gasteiger partial charge >= 0.3 is 16.1 Å². The number of rotatable bonds is 2. The molecule has 0 aromatic carbocycles. The van der Waals surface area contributed by atoms with Gasteiger partial charge in [-0.25, -0.2) is 4.79 Å². The van der Waals surface area contributed by atoms with Crippen molar-refractivity contribution in [2.24, 2.45) is 0 Å². The van der Waals surface area contributed by atoms with Gasteiger partial charge in [-0.1, -0.05) is 6.58 Å². The van der Waals surface area contributed by atoms with Crippen molar-refractivity contribution in [2.45, 2.75) is 0 Å². The Morgan fingerprint density at radius 3 is 2.10 bits per heavy atom. The lowest BCUT2D eigenvalue weighted by Gasteiger charge is -1.93. The molecule has 0 saturated heterocycles. The Morgan fingerprint density at radius 1 is 1.60 bits per heavy atom. The Hall–Kier alpha value is -0.880. The topological polar surface area (TPSA) is 95.4 Å². The Bertz CT molecular complexity index is 217. The van der Waals surface area contributed by atoms with Crippen LogP contribution in [0, 0.1) is 0 Å². The van der Waals surface area contributed by atoms with E-state index in [1.165, 1.54) is 0 Å². The molecule has 0 aliphatic rings. The van der Waals surface area contributed by atoms with Crippen molar-refractivity contribution in [1.82, 2.24) is 6.15 Å². The average molecular weight is 167 g/mol. The molecule has 0 aliphatic heterocycles. The molecular formula is C4H9NO4S. The van der Waals surface area contributed by atoms with Crippen LogP contribution in [0.15, 0.2) is 12.7 Å². The first-order chi connectivity index (χ1) is 3.95. The van der Waals surface area contributed by atoms with Crippen molar-refractivity contribution in [1.29, 1.82) is 0 Å². The Labute approximate surface area is 59.4 Å². The van der Waals surface area contributed by atoms with Gasteiger partial charge in [-0.15, -0.1) is 0 Å². The Kier molecular flexibility index (Phi) is 4.77. The molecule has 60 valence electrons. The molecule has 0 aliphatic carbocycles. The fourth-order valence-corrected chi connectivity index (χ4v) is 0.550. The quantitative estimate of drug-likeness (QED) is 0.455. The maximum absolute atomic E-state index is 10.1. The molecule has 0 amide bonds. The molecule has 0 spiro atoms. The van der Waals surface area contributed by atoms with E-state index in [1.54, 1.807) is 0 Å². The summed E-state index contributed by atoms with van der Waals surface area (Å²) in [5.41, 5.74) is 0. The van der Waals surface area contributed by atoms with Crippen molar-refractivity contribution in [3.63, 3.8) is 0 Å². The first kappa shape index (κ1) is 11.9. The van der Waals surface area contributed by atoms with E-state index in [0.717, 1.165) is 12.3 Å². The maximum Gasteiger partial charge on any atom is 0.345 e. The van der Waals surface area contributed by atoms with Crippen LogP contribution in [0.1, 0.15) is 0 Å². The second kappa shape index (κ2) is 4.02. The molecule has 0 bridgehead atoms. The van der Waals surface area contributed by atoms with Crippen molar-refractivity contribution in [3.05, 3.63) is 12.7 Å². The zero-order chi connectivity index (χ0) is 7.49. The smallest absolute Gasteiger partial charge is 0.344 e. The van der Waals surface area contributed by atoms with Crippen LogP contribution in [0.3, 0.4) is 0 Å². The van der Waals surface area contributed by atoms with Gasteiger partial charge in [0.05, 0.1) is 6.26 Å². The maximum atomic E-state index is 10.1. The molecule has 0 fully saturated rings. The van der Waals surface area contributed by atoms with E-state index in [0.29, 0.717) is 0 Å². The summed E-state index contributed by atoms with van der Waals surface area (Å²) < 4.78 is 24.0. The Morgan fingerprint density at radius 2 is 2.00 bits per heavy atom. The molecule has 10 heavy (non-hydrogen) atoms. The number of hydrogen-bond donors (Lipinski definition) is 1. The van der Waals surface area contributed by atoms with Gasteiger partial charge in [0.2, 0.25) is 0 Å². The van der Waals surface area contributed by atoms with Gasteiger partial charge in [0.1, 0.15) is 0 Å². The van der Waals surface area contributed by atoms with Gasteiger partial charge in [0.15, 0.2) is 0 Å². The van der Waals surface area contributed by atoms with Crippen molar-refractivity contribution < 1.29 is 17.4 Å².